The SMILES string of the molecule is CCC1CCCCN1C(=O)CN1CCNc2ccccc21.Cl. The third-order valence-corrected chi connectivity index (χ3v) is 4.69. The van der Waals surface area contributed by atoms with Gasteiger partial charge in [-0.15, -0.1) is 12.4 Å². The summed E-state index contributed by atoms with van der Waals surface area (Å²) < 4.78 is 0. The number of piperidine rings is 1. The Labute approximate surface area is 139 Å². The summed E-state index contributed by atoms with van der Waals surface area (Å²) in [5.74, 6) is 0.290. The Morgan fingerprint density at radius 2 is 2.09 bits per heavy atom. The molecule has 2 aliphatic heterocycles. The number of nitrogens with one attached hydrogen (secondary N) is 1. The van der Waals surface area contributed by atoms with Crippen LogP contribution in [0.2, 0.25) is 0 Å². The molecule has 1 aromatic rings. The molecule has 0 spiro atoms. The molecule has 1 unspecified atom stereocenters. The van der Waals surface area contributed by atoms with Gasteiger partial charge in [0.1, 0.15) is 0 Å². The third-order valence-electron chi connectivity index (χ3n) is 4.69. The number of carbonyl (C=O) groups is 1. The van der Waals surface area contributed by atoms with Crippen molar-refractivity contribution in [2.24, 2.45) is 0 Å². The average Bonchev–Trinajstić information content (AvgIpc) is 2.55. The molecule has 1 fully saturated rings. The lowest BCUT2D eigenvalue weighted by Gasteiger charge is -2.38. The first-order chi connectivity index (χ1) is 10.3. The zero-order valence-electron chi connectivity index (χ0n) is 13.3. The highest BCUT2D eigenvalue weighted by atomic mass is 35.5. The monoisotopic (exact) mass is 323 g/mol. The highest BCUT2D eigenvalue weighted by Gasteiger charge is 2.27. The van der Waals surface area contributed by atoms with Gasteiger partial charge < -0.3 is 15.1 Å². The highest BCUT2D eigenvalue weighted by Crippen LogP contribution is 2.28. The van der Waals surface area contributed by atoms with Gasteiger partial charge in [0.05, 0.1) is 17.9 Å². The maximum Gasteiger partial charge on any atom is 0.242 e. The fourth-order valence-corrected chi connectivity index (χ4v) is 3.52. The number of fused-ring (bicyclic) bond motifs is 1. The fourth-order valence-electron chi connectivity index (χ4n) is 3.52. The Morgan fingerprint density at radius 3 is 2.91 bits per heavy atom. The highest BCUT2D eigenvalue weighted by molar-refractivity contribution is 5.85. The van der Waals surface area contributed by atoms with Crippen molar-refractivity contribution in [1.29, 1.82) is 0 Å². The minimum Gasteiger partial charge on any atom is -0.382 e. The summed E-state index contributed by atoms with van der Waals surface area (Å²) >= 11 is 0. The number of para-hydroxylation sites is 2. The second kappa shape index (κ2) is 7.73. The number of benzene rings is 1. The van der Waals surface area contributed by atoms with Crippen molar-refractivity contribution in [2.75, 3.05) is 36.4 Å². The normalized spacial score (nSPS) is 20.7. The quantitative estimate of drug-likeness (QED) is 0.928. The molecular weight excluding hydrogens is 298 g/mol. The molecule has 122 valence electrons. The van der Waals surface area contributed by atoms with Crippen LogP contribution in [0.3, 0.4) is 0 Å². The molecule has 3 rings (SSSR count). The van der Waals surface area contributed by atoms with Crippen molar-refractivity contribution in [3.63, 3.8) is 0 Å². The van der Waals surface area contributed by atoms with Crippen LogP contribution in [-0.2, 0) is 4.79 Å². The van der Waals surface area contributed by atoms with E-state index in [2.05, 4.69) is 34.2 Å². The number of hydrogen-bond acceptors (Lipinski definition) is 3. The van der Waals surface area contributed by atoms with E-state index in [4.69, 9.17) is 0 Å². The molecule has 2 aliphatic rings. The first-order valence-corrected chi connectivity index (χ1v) is 8.17. The molecule has 0 aliphatic carbocycles. The summed E-state index contributed by atoms with van der Waals surface area (Å²) in [5, 5.41) is 3.40. The molecule has 0 aromatic heterocycles. The Kier molecular flexibility index (Phi) is 5.95. The smallest absolute Gasteiger partial charge is 0.242 e. The van der Waals surface area contributed by atoms with Gasteiger partial charge >= 0.3 is 0 Å². The Bertz CT molecular complexity index is 508. The lowest BCUT2D eigenvalue weighted by molar-refractivity contribution is -0.133. The number of hydrogen-bond donors (Lipinski definition) is 1. The lowest BCUT2D eigenvalue weighted by Crippen LogP contribution is -2.49. The van der Waals surface area contributed by atoms with Gasteiger partial charge in [0, 0.05) is 25.7 Å². The molecule has 22 heavy (non-hydrogen) atoms. The summed E-state index contributed by atoms with van der Waals surface area (Å²) in [6.45, 7) is 5.44. The van der Waals surface area contributed by atoms with Crippen LogP contribution in [0.1, 0.15) is 32.6 Å². The molecule has 4 nitrogen and oxygen atoms in total. The molecule has 0 radical (unpaired) electrons. The van der Waals surface area contributed by atoms with Gasteiger partial charge in [-0.05, 0) is 37.8 Å². The van der Waals surface area contributed by atoms with Crippen LogP contribution in [0.15, 0.2) is 24.3 Å². The predicted octanol–water partition coefficient (Wildman–Crippen LogP) is 3.13. The molecule has 1 aromatic carbocycles. The second-order valence-corrected chi connectivity index (χ2v) is 6.01. The van der Waals surface area contributed by atoms with Crippen LogP contribution in [-0.4, -0.2) is 43.0 Å². The topological polar surface area (TPSA) is 35.6 Å². The summed E-state index contributed by atoms with van der Waals surface area (Å²) in [5.41, 5.74) is 2.30. The second-order valence-electron chi connectivity index (χ2n) is 6.01. The van der Waals surface area contributed by atoms with Crippen LogP contribution >= 0.6 is 12.4 Å². The Hall–Kier alpha value is -1.42. The van der Waals surface area contributed by atoms with E-state index in [1.54, 1.807) is 0 Å². The van der Waals surface area contributed by atoms with Gasteiger partial charge in [-0.1, -0.05) is 19.1 Å². The maximum atomic E-state index is 12.7. The first kappa shape index (κ1) is 16.9. The molecule has 2 heterocycles. The third kappa shape index (κ3) is 3.49. The van der Waals surface area contributed by atoms with Gasteiger partial charge in [-0.3, -0.25) is 4.79 Å². The van der Waals surface area contributed by atoms with Crippen LogP contribution in [0.5, 0.6) is 0 Å². The molecule has 1 amide bonds. The molecule has 0 saturated carbocycles. The van der Waals surface area contributed by atoms with E-state index < -0.39 is 0 Å². The zero-order chi connectivity index (χ0) is 14.7. The van der Waals surface area contributed by atoms with Gasteiger partial charge in [-0.25, -0.2) is 0 Å². The number of carbonyl (C=O) groups excluding carboxylic acids is 1. The molecule has 1 saturated heterocycles. The van der Waals surface area contributed by atoms with Crippen molar-refractivity contribution >= 4 is 29.7 Å². The summed E-state index contributed by atoms with van der Waals surface area (Å²) in [6, 6.07) is 8.71. The maximum absolute atomic E-state index is 12.7. The van der Waals surface area contributed by atoms with Crippen LogP contribution in [0.25, 0.3) is 0 Å². The van der Waals surface area contributed by atoms with Crippen LogP contribution in [0.4, 0.5) is 11.4 Å². The zero-order valence-corrected chi connectivity index (χ0v) is 14.1. The number of likely N-dealkylation sites (tertiary alicyclic amines) is 1. The fraction of sp³-hybridized carbons (Fsp3) is 0.588. The average molecular weight is 324 g/mol. The van der Waals surface area contributed by atoms with Crippen molar-refractivity contribution in [1.82, 2.24) is 4.90 Å². The van der Waals surface area contributed by atoms with Gasteiger partial charge in [-0.2, -0.15) is 0 Å². The van der Waals surface area contributed by atoms with Gasteiger partial charge in [0.25, 0.3) is 0 Å². The Morgan fingerprint density at radius 1 is 1.27 bits per heavy atom. The van der Waals surface area contributed by atoms with Gasteiger partial charge in [0.2, 0.25) is 5.91 Å². The van der Waals surface area contributed by atoms with Crippen molar-refractivity contribution in [3.05, 3.63) is 24.3 Å². The first-order valence-electron chi connectivity index (χ1n) is 8.17. The minimum absolute atomic E-state index is 0. The van der Waals surface area contributed by atoms with Crippen molar-refractivity contribution in [3.8, 4) is 0 Å². The molecule has 5 heteroatoms. The molecule has 1 atom stereocenters. The predicted molar refractivity (Wildman–Crippen MR) is 94.0 cm³/mol. The number of nitrogens with zero attached hydrogens (tertiary/aromatic N) is 2. The van der Waals surface area contributed by atoms with E-state index in [1.165, 1.54) is 12.8 Å². The summed E-state index contributed by atoms with van der Waals surface area (Å²) in [4.78, 5) is 17.0. The molecular formula is C17H26ClN3O. The molecule has 0 bridgehead atoms. The van der Waals surface area contributed by atoms with E-state index in [9.17, 15) is 4.79 Å². The number of anilines is 2. The van der Waals surface area contributed by atoms with E-state index in [-0.39, 0.29) is 12.4 Å². The van der Waals surface area contributed by atoms with Crippen LogP contribution < -0.4 is 10.2 Å². The van der Waals surface area contributed by atoms with Crippen molar-refractivity contribution in [2.45, 2.75) is 38.6 Å². The molecule has 1 N–H and O–H groups in total. The largest absolute Gasteiger partial charge is 0.382 e. The van der Waals surface area contributed by atoms with E-state index in [1.807, 2.05) is 12.1 Å². The Balaban J connectivity index is 0.00000176. The van der Waals surface area contributed by atoms with Crippen molar-refractivity contribution < 1.29 is 4.79 Å². The number of halogens is 1. The number of rotatable bonds is 3. The van der Waals surface area contributed by atoms with E-state index in [0.29, 0.717) is 18.5 Å². The van der Waals surface area contributed by atoms with E-state index >= 15 is 0 Å². The van der Waals surface area contributed by atoms with Gasteiger partial charge in [0.15, 0.2) is 0 Å². The summed E-state index contributed by atoms with van der Waals surface area (Å²) in [7, 11) is 0. The minimum atomic E-state index is 0. The lowest BCUT2D eigenvalue weighted by atomic mass is 10.00. The summed E-state index contributed by atoms with van der Waals surface area (Å²) in [6.07, 6.45) is 4.66. The van der Waals surface area contributed by atoms with E-state index in [0.717, 1.165) is 43.9 Å². The van der Waals surface area contributed by atoms with Crippen LogP contribution in [0, 0.1) is 0 Å². The standard InChI is InChI=1S/C17H25N3O.ClH/c1-2-14-7-5-6-11-20(14)17(21)13-19-12-10-18-15-8-3-4-9-16(15)19;/h3-4,8-9,14,18H,2,5-7,10-13H2,1H3;1H. The number of amides is 1.